The number of aromatic nitrogens is 2. The van der Waals surface area contributed by atoms with Gasteiger partial charge in [-0.05, 0) is 25.3 Å². The van der Waals surface area contributed by atoms with E-state index in [0.717, 1.165) is 5.56 Å². The number of piperidine rings is 1. The minimum absolute atomic E-state index is 0. The van der Waals surface area contributed by atoms with Gasteiger partial charge in [0.25, 0.3) is 0 Å². The number of nitrogens with two attached hydrogens (primary N) is 1. The molecule has 8 heteroatoms. The van der Waals surface area contributed by atoms with Gasteiger partial charge in [0, 0.05) is 24.8 Å². The summed E-state index contributed by atoms with van der Waals surface area (Å²) in [6.07, 6.45) is 4.42. The Morgan fingerprint density at radius 1 is 1.29 bits per heavy atom. The number of sulfonamides is 1. The molecule has 1 aliphatic rings. The lowest BCUT2D eigenvalue weighted by Gasteiger charge is -2.34. The summed E-state index contributed by atoms with van der Waals surface area (Å²) in [6, 6.07) is 9.84. The Hall–Kier alpha value is -1.41. The molecule has 6 nitrogen and oxygen atoms in total. The third kappa shape index (κ3) is 3.97. The van der Waals surface area contributed by atoms with E-state index in [4.69, 9.17) is 5.73 Å². The Bertz CT molecular complexity index is 763. The summed E-state index contributed by atoms with van der Waals surface area (Å²) in [4.78, 5) is 0.246. The van der Waals surface area contributed by atoms with Gasteiger partial charge in [0.1, 0.15) is 4.90 Å². The van der Waals surface area contributed by atoms with E-state index in [0.29, 0.717) is 25.9 Å². The quantitative estimate of drug-likeness (QED) is 0.890. The molecule has 0 bridgehead atoms. The first kappa shape index (κ1) is 18.9. The van der Waals surface area contributed by atoms with Gasteiger partial charge in [0.15, 0.2) is 0 Å². The van der Waals surface area contributed by atoms with Crippen LogP contribution in [0.4, 0.5) is 0 Å². The summed E-state index contributed by atoms with van der Waals surface area (Å²) in [5.74, 6) is 0. The summed E-state index contributed by atoms with van der Waals surface area (Å²) >= 11 is 0. The maximum Gasteiger partial charge on any atom is 0.246 e. The van der Waals surface area contributed by atoms with E-state index in [1.807, 2.05) is 37.3 Å². The zero-order valence-corrected chi connectivity index (χ0v) is 15.2. The number of hydrogen-bond acceptors (Lipinski definition) is 4. The van der Waals surface area contributed by atoms with Gasteiger partial charge in [-0.15, -0.1) is 12.4 Å². The average molecular weight is 371 g/mol. The molecule has 2 heterocycles. The third-order valence-electron chi connectivity index (χ3n) is 4.26. The highest BCUT2D eigenvalue weighted by Gasteiger charge is 2.34. The number of hydrogen-bond donors (Lipinski definition) is 1. The van der Waals surface area contributed by atoms with Crippen LogP contribution < -0.4 is 5.73 Å². The maximum atomic E-state index is 12.8. The smallest absolute Gasteiger partial charge is 0.246 e. The average Bonchev–Trinajstić information content (AvgIpc) is 2.97. The van der Waals surface area contributed by atoms with Crippen LogP contribution in [-0.4, -0.2) is 41.1 Å². The van der Waals surface area contributed by atoms with E-state index in [9.17, 15) is 8.42 Å². The number of rotatable bonds is 4. The molecule has 2 aromatic rings. The van der Waals surface area contributed by atoms with E-state index >= 15 is 0 Å². The van der Waals surface area contributed by atoms with E-state index in [2.05, 4.69) is 5.10 Å². The van der Waals surface area contributed by atoms with Crippen molar-refractivity contribution in [3.63, 3.8) is 0 Å². The predicted molar refractivity (Wildman–Crippen MR) is 95.6 cm³/mol. The summed E-state index contributed by atoms with van der Waals surface area (Å²) in [6.45, 7) is 2.93. The lowest BCUT2D eigenvalue weighted by atomic mass is 10.0. The van der Waals surface area contributed by atoms with E-state index in [1.165, 1.54) is 6.20 Å². The van der Waals surface area contributed by atoms with E-state index in [1.54, 1.807) is 15.2 Å². The molecule has 0 aliphatic carbocycles. The zero-order chi connectivity index (χ0) is 16.4. The largest absolute Gasteiger partial charge is 0.328 e. The molecule has 1 aromatic carbocycles. The Morgan fingerprint density at radius 2 is 2.00 bits per heavy atom. The van der Waals surface area contributed by atoms with E-state index < -0.39 is 10.0 Å². The fourth-order valence-electron chi connectivity index (χ4n) is 3.01. The van der Waals surface area contributed by atoms with E-state index in [-0.39, 0.29) is 29.4 Å². The van der Waals surface area contributed by atoms with Gasteiger partial charge < -0.3 is 5.73 Å². The first-order valence-corrected chi connectivity index (χ1v) is 9.24. The van der Waals surface area contributed by atoms with Crippen LogP contribution in [0.15, 0.2) is 47.6 Å². The van der Waals surface area contributed by atoms with Crippen LogP contribution in [0.1, 0.15) is 25.3 Å². The molecular formula is C16H23ClN4O2S. The molecular weight excluding hydrogens is 348 g/mol. The molecule has 24 heavy (non-hydrogen) atoms. The second kappa shape index (κ2) is 7.65. The third-order valence-corrected chi connectivity index (χ3v) is 6.23. The highest BCUT2D eigenvalue weighted by molar-refractivity contribution is 7.89. The second-order valence-electron chi connectivity index (χ2n) is 6.11. The van der Waals surface area contributed by atoms with Crippen molar-refractivity contribution in [3.8, 4) is 0 Å². The van der Waals surface area contributed by atoms with Gasteiger partial charge in [0.2, 0.25) is 10.0 Å². The van der Waals surface area contributed by atoms with Crippen LogP contribution in [0.2, 0.25) is 0 Å². The summed E-state index contributed by atoms with van der Waals surface area (Å²) in [5, 5.41) is 4.20. The minimum atomic E-state index is -3.51. The number of halogens is 1. The molecule has 1 saturated heterocycles. The highest BCUT2D eigenvalue weighted by Crippen LogP contribution is 2.24. The van der Waals surface area contributed by atoms with Gasteiger partial charge in [-0.3, -0.25) is 4.68 Å². The van der Waals surface area contributed by atoms with Crippen molar-refractivity contribution in [1.82, 2.24) is 14.1 Å². The minimum Gasteiger partial charge on any atom is -0.328 e. The summed E-state index contributed by atoms with van der Waals surface area (Å²) in [7, 11) is -3.51. The van der Waals surface area contributed by atoms with Gasteiger partial charge in [-0.2, -0.15) is 9.40 Å². The Labute approximate surface area is 149 Å². The lowest BCUT2D eigenvalue weighted by molar-refractivity contribution is 0.247. The molecule has 3 rings (SSSR count). The Morgan fingerprint density at radius 3 is 2.67 bits per heavy atom. The van der Waals surface area contributed by atoms with Crippen LogP contribution in [0, 0.1) is 0 Å². The van der Waals surface area contributed by atoms with Crippen LogP contribution in [-0.2, 0) is 16.6 Å². The molecule has 132 valence electrons. The van der Waals surface area contributed by atoms with Crippen LogP contribution in [0.25, 0.3) is 0 Å². The number of benzene rings is 1. The van der Waals surface area contributed by atoms with Gasteiger partial charge in [-0.25, -0.2) is 8.42 Å². The van der Waals surface area contributed by atoms with Crippen molar-refractivity contribution in [1.29, 1.82) is 0 Å². The van der Waals surface area contributed by atoms with Crippen molar-refractivity contribution in [3.05, 3.63) is 48.3 Å². The van der Waals surface area contributed by atoms with Crippen LogP contribution in [0.3, 0.4) is 0 Å². The normalized spacial score (nSPS) is 22.1. The molecule has 2 atom stereocenters. The fourth-order valence-corrected chi connectivity index (χ4v) is 4.63. The molecule has 1 fully saturated rings. The molecule has 1 aromatic heterocycles. The van der Waals surface area contributed by atoms with Crippen molar-refractivity contribution in [2.75, 3.05) is 6.54 Å². The zero-order valence-electron chi connectivity index (χ0n) is 13.6. The first-order valence-electron chi connectivity index (χ1n) is 7.80. The SMILES string of the molecule is CC1CC(N)CCN1S(=O)(=O)c1cnn(Cc2ccccc2)c1.Cl. The molecule has 2 unspecified atom stereocenters. The lowest BCUT2D eigenvalue weighted by Crippen LogP contribution is -2.48. The second-order valence-corrected chi connectivity index (χ2v) is 8.00. The summed E-state index contributed by atoms with van der Waals surface area (Å²) in [5.41, 5.74) is 7.00. The van der Waals surface area contributed by atoms with Crippen molar-refractivity contribution >= 4 is 22.4 Å². The van der Waals surface area contributed by atoms with Crippen LogP contribution in [0.5, 0.6) is 0 Å². The predicted octanol–water partition coefficient (Wildman–Crippen LogP) is 1.85. The van der Waals surface area contributed by atoms with Crippen molar-refractivity contribution < 1.29 is 8.42 Å². The topological polar surface area (TPSA) is 81.2 Å². The van der Waals surface area contributed by atoms with Gasteiger partial charge in [-0.1, -0.05) is 30.3 Å². The number of nitrogens with zero attached hydrogens (tertiary/aromatic N) is 3. The summed E-state index contributed by atoms with van der Waals surface area (Å²) < 4.78 is 28.8. The Balaban J connectivity index is 0.00000208. The molecule has 0 amide bonds. The molecule has 0 saturated carbocycles. The molecule has 0 radical (unpaired) electrons. The Kier molecular flexibility index (Phi) is 6.03. The van der Waals surface area contributed by atoms with Crippen molar-refractivity contribution in [2.45, 2.75) is 43.3 Å². The fraction of sp³-hybridized carbons (Fsp3) is 0.438. The van der Waals surface area contributed by atoms with Gasteiger partial charge >= 0.3 is 0 Å². The van der Waals surface area contributed by atoms with Crippen LogP contribution >= 0.6 is 12.4 Å². The molecule has 2 N–H and O–H groups in total. The maximum absolute atomic E-state index is 12.8. The molecule has 1 aliphatic heterocycles. The van der Waals surface area contributed by atoms with Crippen molar-refractivity contribution in [2.24, 2.45) is 5.73 Å². The standard InChI is InChI=1S/C16H22N4O2S.ClH/c1-13-9-15(17)7-8-20(13)23(21,22)16-10-18-19(12-16)11-14-5-3-2-4-6-14;/h2-6,10,12-13,15H,7-9,11,17H2,1H3;1H. The highest BCUT2D eigenvalue weighted by atomic mass is 35.5. The van der Waals surface area contributed by atoms with Gasteiger partial charge in [0.05, 0.1) is 12.7 Å². The molecule has 0 spiro atoms. The monoisotopic (exact) mass is 370 g/mol. The first-order chi connectivity index (χ1) is 11.0.